The topological polar surface area (TPSA) is 81.7 Å². The number of carbonyl (C=O) groups is 3. The monoisotopic (exact) mass is 311 g/mol. The van der Waals surface area contributed by atoms with E-state index in [1.54, 1.807) is 6.92 Å². The molecular weight excluding hydrogens is 286 g/mol. The first-order valence-corrected chi connectivity index (χ1v) is 8.23. The second-order valence-corrected chi connectivity index (χ2v) is 6.04. The molecule has 1 amide bonds. The van der Waals surface area contributed by atoms with Gasteiger partial charge in [-0.3, -0.25) is 14.4 Å². The molecule has 0 spiro atoms. The van der Waals surface area contributed by atoms with Crippen LogP contribution >= 0.6 is 0 Å². The summed E-state index contributed by atoms with van der Waals surface area (Å²) in [4.78, 5) is 34.8. The Morgan fingerprint density at radius 2 is 1.86 bits per heavy atom. The molecule has 0 aromatic heterocycles. The molecule has 2 saturated carbocycles. The van der Waals surface area contributed by atoms with Gasteiger partial charge in [-0.1, -0.05) is 0 Å². The van der Waals surface area contributed by atoms with E-state index >= 15 is 0 Å². The molecule has 0 saturated heterocycles. The van der Waals surface area contributed by atoms with Crippen LogP contribution in [0.4, 0.5) is 0 Å². The second kappa shape index (κ2) is 8.15. The summed E-state index contributed by atoms with van der Waals surface area (Å²) in [6.45, 7) is 2.59. The van der Waals surface area contributed by atoms with Crippen molar-refractivity contribution in [1.82, 2.24) is 5.32 Å². The average Bonchev–Trinajstić information content (AvgIpc) is 3.35. The van der Waals surface area contributed by atoms with Crippen LogP contribution in [0.15, 0.2) is 0 Å². The highest BCUT2D eigenvalue weighted by molar-refractivity contribution is 5.80. The summed E-state index contributed by atoms with van der Waals surface area (Å²) in [7, 11) is 0. The van der Waals surface area contributed by atoms with Crippen LogP contribution < -0.4 is 5.32 Å². The Labute approximate surface area is 130 Å². The highest BCUT2D eigenvalue weighted by Gasteiger charge is 2.36. The molecule has 0 heterocycles. The van der Waals surface area contributed by atoms with Crippen molar-refractivity contribution >= 4 is 17.8 Å². The predicted octanol–water partition coefficient (Wildman–Crippen LogP) is 1.57. The molecule has 6 heteroatoms. The van der Waals surface area contributed by atoms with Gasteiger partial charge in [0.15, 0.2) is 0 Å². The Morgan fingerprint density at radius 3 is 2.45 bits per heavy atom. The van der Waals surface area contributed by atoms with E-state index in [9.17, 15) is 14.4 Å². The lowest BCUT2D eigenvalue weighted by Gasteiger charge is -2.16. The maximum absolute atomic E-state index is 11.8. The normalized spacial score (nSPS) is 18.4. The van der Waals surface area contributed by atoms with Crippen molar-refractivity contribution in [1.29, 1.82) is 0 Å². The molecule has 22 heavy (non-hydrogen) atoms. The molecule has 0 aromatic rings. The number of amides is 1. The molecular formula is C16H25NO5. The van der Waals surface area contributed by atoms with Crippen molar-refractivity contribution < 1.29 is 23.9 Å². The fourth-order valence-corrected chi connectivity index (χ4v) is 2.32. The summed E-state index contributed by atoms with van der Waals surface area (Å²) in [5.74, 6) is -0.0454. The molecule has 0 aromatic carbocycles. The van der Waals surface area contributed by atoms with Gasteiger partial charge >= 0.3 is 11.9 Å². The van der Waals surface area contributed by atoms with E-state index in [1.165, 1.54) is 0 Å². The number of rotatable bonds is 10. The molecule has 6 nitrogen and oxygen atoms in total. The molecule has 124 valence electrons. The molecule has 2 aliphatic carbocycles. The van der Waals surface area contributed by atoms with E-state index in [4.69, 9.17) is 9.47 Å². The summed E-state index contributed by atoms with van der Waals surface area (Å²) in [6.07, 6.45) is 4.56. The molecule has 1 N–H and O–H groups in total. The van der Waals surface area contributed by atoms with Gasteiger partial charge in [0.05, 0.1) is 13.0 Å². The maximum Gasteiger partial charge on any atom is 0.309 e. The fraction of sp³-hybridized carbons (Fsp3) is 0.812. The van der Waals surface area contributed by atoms with E-state index in [0.717, 1.165) is 25.7 Å². The summed E-state index contributed by atoms with van der Waals surface area (Å²) in [5, 5.41) is 2.82. The van der Waals surface area contributed by atoms with Gasteiger partial charge in [-0.2, -0.15) is 0 Å². The van der Waals surface area contributed by atoms with Gasteiger partial charge in [0, 0.05) is 18.9 Å². The van der Waals surface area contributed by atoms with Gasteiger partial charge in [0.25, 0.3) is 0 Å². The zero-order valence-corrected chi connectivity index (χ0v) is 13.1. The first kappa shape index (κ1) is 16.8. The van der Waals surface area contributed by atoms with Crippen LogP contribution in [0.1, 0.15) is 51.9 Å². The first-order chi connectivity index (χ1) is 10.6. The van der Waals surface area contributed by atoms with Crippen molar-refractivity contribution in [2.75, 3.05) is 13.2 Å². The summed E-state index contributed by atoms with van der Waals surface area (Å²) in [5.41, 5.74) is 0. The molecule has 2 fully saturated rings. The average molecular weight is 311 g/mol. The number of nitrogens with one attached hydrogen (secondary N) is 1. The van der Waals surface area contributed by atoms with Gasteiger partial charge < -0.3 is 14.8 Å². The Morgan fingerprint density at radius 1 is 1.14 bits per heavy atom. The minimum Gasteiger partial charge on any atom is -0.466 e. The van der Waals surface area contributed by atoms with Gasteiger partial charge in [-0.05, 0) is 44.9 Å². The largest absolute Gasteiger partial charge is 0.466 e. The summed E-state index contributed by atoms with van der Waals surface area (Å²) >= 11 is 0. The Hall–Kier alpha value is -1.59. The molecule has 1 atom stereocenters. The first-order valence-electron chi connectivity index (χ1n) is 8.23. The number of esters is 2. The van der Waals surface area contributed by atoms with Gasteiger partial charge in [0.1, 0.15) is 6.10 Å². The standard InChI is InChI=1S/C16H25NO5/c1-2-21-15(19)10-13(11-5-6-11)22-14(18)4-3-9-17-16(20)12-7-8-12/h11-13H,2-10H2,1H3,(H,17,20). The van der Waals surface area contributed by atoms with Gasteiger partial charge in [0.2, 0.25) is 5.91 Å². The molecule has 0 bridgehead atoms. The summed E-state index contributed by atoms with van der Waals surface area (Å²) in [6, 6.07) is 0. The van der Waals surface area contributed by atoms with Crippen LogP contribution in [-0.4, -0.2) is 37.1 Å². The van der Waals surface area contributed by atoms with E-state index < -0.39 is 0 Å². The van der Waals surface area contributed by atoms with Crippen LogP contribution in [0.5, 0.6) is 0 Å². The molecule has 0 aliphatic heterocycles. The van der Waals surface area contributed by atoms with E-state index in [0.29, 0.717) is 25.5 Å². The van der Waals surface area contributed by atoms with Gasteiger partial charge in [-0.15, -0.1) is 0 Å². The lowest BCUT2D eigenvalue weighted by Crippen LogP contribution is -2.27. The summed E-state index contributed by atoms with van der Waals surface area (Å²) < 4.78 is 10.3. The third kappa shape index (κ3) is 6.03. The molecule has 2 aliphatic rings. The third-order valence-corrected chi connectivity index (χ3v) is 3.91. The second-order valence-electron chi connectivity index (χ2n) is 6.04. The van der Waals surface area contributed by atoms with Crippen LogP contribution in [0, 0.1) is 11.8 Å². The van der Waals surface area contributed by atoms with Crippen molar-refractivity contribution in [2.45, 2.75) is 58.0 Å². The lowest BCUT2D eigenvalue weighted by atomic mass is 10.1. The van der Waals surface area contributed by atoms with Crippen LogP contribution in [0.25, 0.3) is 0 Å². The van der Waals surface area contributed by atoms with Crippen molar-refractivity contribution in [3.63, 3.8) is 0 Å². The number of hydrogen-bond donors (Lipinski definition) is 1. The van der Waals surface area contributed by atoms with Crippen molar-refractivity contribution in [2.24, 2.45) is 11.8 Å². The molecule has 1 unspecified atom stereocenters. The zero-order chi connectivity index (χ0) is 15.9. The number of hydrogen-bond acceptors (Lipinski definition) is 5. The van der Waals surface area contributed by atoms with Crippen LogP contribution in [0.3, 0.4) is 0 Å². The minimum atomic E-state index is -0.354. The Bertz CT molecular complexity index is 415. The highest BCUT2D eigenvalue weighted by Crippen LogP contribution is 2.36. The SMILES string of the molecule is CCOC(=O)CC(OC(=O)CCCNC(=O)C1CC1)C1CC1. The van der Waals surface area contributed by atoms with Gasteiger partial charge in [-0.25, -0.2) is 0 Å². The fourth-order valence-electron chi connectivity index (χ4n) is 2.32. The Balaban J connectivity index is 1.60. The van der Waals surface area contributed by atoms with E-state index in [2.05, 4.69) is 5.32 Å². The smallest absolute Gasteiger partial charge is 0.309 e. The van der Waals surface area contributed by atoms with Crippen LogP contribution in [0.2, 0.25) is 0 Å². The highest BCUT2D eigenvalue weighted by atomic mass is 16.6. The predicted molar refractivity (Wildman–Crippen MR) is 78.8 cm³/mol. The Kier molecular flexibility index (Phi) is 6.21. The zero-order valence-electron chi connectivity index (χ0n) is 13.1. The number of carbonyl (C=O) groups excluding carboxylic acids is 3. The van der Waals surface area contributed by atoms with E-state index in [-0.39, 0.29) is 42.7 Å². The van der Waals surface area contributed by atoms with Crippen LogP contribution in [-0.2, 0) is 23.9 Å². The third-order valence-electron chi connectivity index (χ3n) is 3.91. The number of ether oxygens (including phenoxy) is 2. The lowest BCUT2D eigenvalue weighted by molar-refractivity contribution is -0.156. The quantitative estimate of drug-likeness (QED) is 0.489. The van der Waals surface area contributed by atoms with E-state index in [1.807, 2.05) is 0 Å². The minimum absolute atomic E-state index is 0.0894. The van der Waals surface area contributed by atoms with Crippen molar-refractivity contribution in [3.8, 4) is 0 Å². The molecule has 2 rings (SSSR count). The van der Waals surface area contributed by atoms with Crippen molar-refractivity contribution in [3.05, 3.63) is 0 Å². The molecule has 0 radical (unpaired) electrons. The maximum atomic E-state index is 11.8.